The van der Waals surface area contributed by atoms with Crippen LogP contribution in [0.4, 0.5) is 0 Å². The summed E-state index contributed by atoms with van der Waals surface area (Å²) in [6.07, 6.45) is 7.11. The van der Waals surface area contributed by atoms with Crippen molar-refractivity contribution in [3.05, 3.63) is 53.6 Å². The minimum Gasteiger partial charge on any atom is -0.295 e. The molecule has 0 spiro atoms. The molecule has 1 aromatic carbocycles. The first kappa shape index (κ1) is 11.5. The molecule has 0 N–H and O–H groups in total. The largest absolute Gasteiger partial charge is 0.295 e. The zero-order valence-corrected chi connectivity index (χ0v) is 10.9. The molecule has 0 aromatic heterocycles. The van der Waals surface area contributed by atoms with Crippen LogP contribution < -0.4 is 0 Å². The third-order valence-corrected chi connectivity index (χ3v) is 4.59. The molecule has 1 aromatic rings. The van der Waals surface area contributed by atoms with Gasteiger partial charge in [-0.1, -0.05) is 56.3 Å². The van der Waals surface area contributed by atoms with Gasteiger partial charge in [0.15, 0.2) is 5.78 Å². The topological polar surface area (TPSA) is 17.1 Å². The maximum Gasteiger partial charge on any atom is 0.159 e. The second-order valence-corrected chi connectivity index (χ2v) is 5.95. The van der Waals surface area contributed by atoms with Crippen molar-refractivity contribution in [2.45, 2.75) is 20.3 Å². The summed E-state index contributed by atoms with van der Waals surface area (Å²) in [5.41, 5.74) is 2.55. The van der Waals surface area contributed by atoms with Gasteiger partial charge in [-0.3, -0.25) is 4.79 Å². The van der Waals surface area contributed by atoms with E-state index >= 15 is 0 Å². The molecular formula is C17H18O. The van der Waals surface area contributed by atoms with Crippen molar-refractivity contribution in [2.75, 3.05) is 0 Å². The number of hydrogen-bond acceptors (Lipinski definition) is 1. The highest BCUT2D eigenvalue weighted by Crippen LogP contribution is 2.58. The molecule has 2 atom stereocenters. The number of allylic oxidation sites excluding steroid dienone is 3. The number of benzene rings is 1. The predicted octanol–water partition coefficient (Wildman–Crippen LogP) is 3.87. The lowest BCUT2D eigenvalue weighted by molar-refractivity contribution is -0.133. The van der Waals surface area contributed by atoms with Gasteiger partial charge in [-0.25, -0.2) is 0 Å². The summed E-state index contributed by atoms with van der Waals surface area (Å²) in [4.78, 5) is 12.0. The second-order valence-electron chi connectivity index (χ2n) is 5.95. The molecule has 0 saturated heterocycles. The fraction of sp³-hybridized carbons (Fsp3) is 0.353. The Morgan fingerprint density at radius 2 is 1.83 bits per heavy atom. The summed E-state index contributed by atoms with van der Waals surface area (Å²) in [6, 6.07) is 10.2. The van der Waals surface area contributed by atoms with Crippen LogP contribution in [0, 0.1) is 17.3 Å². The van der Waals surface area contributed by atoms with E-state index in [9.17, 15) is 4.79 Å². The van der Waals surface area contributed by atoms with Gasteiger partial charge in [0.1, 0.15) is 0 Å². The summed E-state index contributed by atoms with van der Waals surface area (Å²) in [6.45, 7) is 4.43. The number of carbonyl (C=O) groups is 1. The molecule has 4 rings (SSSR count). The summed E-state index contributed by atoms with van der Waals surface area (Å²) in [5, 5.41) is 0. The third kappa shape index (κ3) is 1.66. The number of fused-ring (bicyclic) bond motifs is 1. The standard InChI is InChI=1S/C17H18O/c1-17(2)14-11-15(17)16(18)10-13(14)9-8-12-6-4-3-5-7-12/h3-10,14-15H,11H2,1-2H3/b9-8+/t14-,15+/m1/s1. The lowest BCUT2D eigenvalue weighted by atomic mass is 9.48. The van der Waals surface area contributed by atoms with Crippen LogP contribution >= 0.6 is 0 Å². The molecule has 3 aliphatic rings. The molecule has 0 unspecified atom stereocenters. The van der Waals surface area contributed by atoms with E-state index in [4.69, 9.17) is 0 Å². The predicted molar refractivity (Wildman–Crippen MR) is 73.9 cm³/mol. The van der Waals surface area contributed by atoms with E-state index in [-0.39, 0.29) is 11.3 Å². The van der Waals surface area contributed by atoms with Crippen molar-refractivity contribution < 1.29 is 4.79 Å². The van der Waals surface area contributed by atoms with Crippen molar-refractivity contribution in [2.24, 2.45) is 17.3 Å². The molecule has 18 heavy (non-hydrogen) atoms. The Kier molecular flexibility index (Phi) is 2.51. The molecule has 3 aliphatic carbocycles. The number of carbonyl (C=O) groups excluding carboxylic acids is 1. The first-order valence-corrected chi connectivity index (χ1v) is 6.57. The molecule has 1 nitrogen and oxygen atoms in total. The second kappa shape index (κ2) is 3.94. The van der Waals surface area contributed by atoms with Crippen LogP contribution in [0.2, 0.25) is 0 Å². The zero-order chi connectivity index (χ0) is 12.8. The summed E-state index contributed by atoms with van der Waals surface area (Å²) in [5.74, 6) is 1.13. The van der Waals surface area contributed by atoms with Crippen molar-refractivity contribution in [1.29, 1.82) is 0 Å². The van der Waals surface area contributed by atoms with E-state index in [1.165, 1.54) is 11.1 Å². The monoisotopic (exact) mass is 238 g/mol. The van der Waals surface area contributed by atoms with E-state index < -0.39 is 0 Å². The van der Waals surface area contributed by atoms with Gasteiger partial charge in [-0.15, -0.1) is 0 Å². The average Bonchev–Trinajstić information content (AvgIpc) is 2.36. The maximum atomic E-state index is 12.0. The SMILES string of the molecule is CC1(C)[C@@H]2C[C@H]1C(=O)C=C2/C=C/c1ccccc1. The first-order valence-electron chi connectivity index (χ1n) is 6.57. The molecule has 0 radical (unpaired) electrons. The molecule has 0 heterocycles. The molecular weight excluding hydrogens is 220 g/mol. The van der Waals surface area contributed by atoms with Crippen molar-refractivity contribution in [1.82, 2.24) is 0 Å². The van der Waals surface area contributed by atoms with Crippen LogP contribution in [0.5, 0.6) is 0 Å². The van der Waals surface area contributed by atoms with Gasteiger partial charge >= 0.3 is 0 Å². The van der Waals surface area contributed by atoms with Crippen LogP contribution in [0.1, 0.15) is 25.8 Å². The summed E-state index contributed by atoms with van der Waals surface area (Å²) >= 11 is 0. The van der Waals surface area contributed by atoms with Crippen molar-refractivity contribution in [3.8, 4) is 0 Å². The summed E-state index contributed by atoms with van der Waals surface area (Å²) < 4.78 is 0. The van der Waals surface area contributed by atoms with Crippen LogP contribution in [0.25, 0.3) is 6.08 Å². The van der Waals surface area contributed by atoms with Gasteiger partial charge in [0.05, 0.1) is 0 Å². The Bertz CT molecular complexity index is 534. The molecule has 0 amide bonds. The van der Waals surface area contributed by atoms with Crippen LogP contribution in [0.15, 0.2) is 48.1 Å². The lowest BCUT2D eigenvalue weighted by Crippen LogP contribution is -2.52. The highest BCUT2D eigenvalue weighted by Gasteiger charge is 2.54. The molecule has 1 heteroatoms. The fourth-order valence-corrected chi connectivity index (χ4v) is 3.26. The highest BCUT2D eigenvalue weighted by atomic mass is 16.1. The Balaban J connectivity index is 1.86. The first-order chi connectivity index (χ1) is 8.59. The lowest BCUT2D eigenvalue weighted by Gasteiger charge is -2.54. The Labute approximate surface area is 108 Å². The molecule has 1 saturated carbocycles. The van der Waals surface area contributed by atoms with Crippen LogP contribution in [-0.4, -0.2) is 5.78 Å². The number of ketones is 1. The van der Waals surface area contributed by atoms with Crippen molar-refractivity contribution >= 4 is 11.9 Å². The molecule has 0 aliphatic heterocycles. The van der Waals surface area contributed by atoms with Gasteiger partial charge in [0, 0.05) is 5.92 Å². The van der Waals surface area contributed by atoms with Crippen LogP contribution in [-0.2, 0) is 4.79 Å². The van der Waals surface area contributed by atoms with E-state index in [2.05, 4.69) is 38.1 Å². The van der Waals surface area contributed by atoms with E-state index in [1.54, 1.807) is 0 Å². The zero-order valence-electron chi connectivity index (χ0n) is 10.9. The number of hydrogen-bond donors (Lipinski definition) is 0. The minimum absolute atomic E-state index is 0.155. The fourth-order valence-electron chi connectivity index (χ4n) is 3.26. The summed E-state index contributed by atoms with van der Waals surface area (Å²) in [7, 11) is 0. The Morgan fingerprint density at radius 3 is 2.44 bits per heavy atom. The van der Waals surface area contributed by atoms with Gasteiger partial charge in [0.2, 0.25) is 0 Å². The quantitative estimate of drug-likeness (QED) is 0.764. The van der Waals surface area contributed by atoms with Gasteiger partial charge < -0.3 is 0 Å². The minimum atomic E-state index is 0.155. The molecule has 2 bridgehead atoms. The van der Waals surface area contributed by atoms with Crippen LogP contribution in [0.3, 0.4) is 0 Å². The highest BCUT2D eigenvalue weighted by molar-refractivity contribution is 5.96. The Hall–Kier alpha value is -1.63. The van der Waals surface area contributed by atoms with Gasteiger partial charge in [-0.05, 0) is 35.0 Å². The molecule has 92 valence electrons. The molecule has 1 fully saturated rings. The normalized spacial score (nSPS) is 29.0. The van der Waals surface area contributed by atoms with Crippen molar-refractivity contribution in [3.63, 3.8) is 0 Å². The third-order valence-electron chi connectivity index (χ3n) is 4.59. The van der Waals surface area contributed by atoms with Gasteiger partial charge in [0.25, 0.3) is 0 Å². The number of rotatable bonds is 2. The van der Waals surface area contributed by atoms with E-state index in [1.807, 2.05) is 24.3 Å². The van der Waals surface area contributed by atoms with E-state index in [0.717, 1.165) is 6.42 Å². The van der Waals surface area contributed by atoms with E-state index in [0.29, 0.717) is 11.7 Å². The Morgan fingerprint density at radius 1 is 1.11 bits per heavy atom. The average molecular weight is 238 g/mol. The van der Waals surface area contributed by atoms with Gasteiger partial charge in [-0.2, -0.15) is 0 Å². The smallest absolute Gasteiger partial charge is 0.159 e. The maximum absolute atomic E-state index is 12.0.